The quantitative estimate of drug-likeness (QED) is 0.460. The molecule has 0 radical (unpaired) electrons. The first-order valence-corrected chi connectivity index (χ1v) is 12.7. The van der Waals surface area contributed by atoms with Crippen LogP contribution in [0, 0.1) is 20.8 Å². The average molecular weight is 456 g/mol. The largest absolute Gasteiger partial charge is 0.507 e. The highest BCUT2D eigenvalue weighted by molar-refractivity contribution is 5.64. The lowest BCUT2D eigenvalue weighted by atomic mass is 9.72. The Morgan fingerprint density at radius 2 is 1.56 bits per heavy atom. The summed E-state index contributed by atoms with van der Waals surface area (Å²) in [5.41, 5.74) is 7.91. The van der Waals surface area contributed by atoms with E-state index in [1.807, 2.05) is 6.92 Å². The smallest absolute Gasteiger partial charge is 0.127 e. The minimum Gasteiger partial charge on any atom is -0.507 e. The van der Waals surface area contributed by atoms with E-state index in [-0.39, 0.29) is 11.5 Å². The summed E-state index contributed by atoms with van der Waals surface area (Å²) in [4.78, 5) is 2.55. The molecule has 3 aromatic carbocycles. The topological polar surface area (TPSA) is 32.7 Å². The summed E-state index contributed by atoms with van der Waals surface area (Å²) in [7, 11) is 0. The number of likely N-dealkylation sites (tertiary alicyclic amines) is 1. The molecular formula is C31H37NO2. The third kappa shape index (κ3) is 3.80. The van der Waals surface area contributed by atoms with E-state index in [4.69, 9.17) is 4.74 Å². The van der Waals surface area contributed by atoms with Gasteiger partial charge in [0.05, 0.1) is 5.92 Å². The van der Waals surface area contributed by atoms with Gasteiger partial charge in [-0.25, -0.2) is 0 Å². The van der Waals surface area contributed by atoms with Gasteiger partial charge in [-0.05, 0) is 60.1 Å². The minimum atomic E-state index is -0.273. The Bertz CT molecular complexity index is 1170. The van der Waals surface area contributed by atoms with Gasteiger partial charge < -0.3 is 9.84 Å². The molecule has 1 atom stereocenters. The van der Waals surface area contributed by atoms with E-state index in [1.54, 1.807) is 0 Å². The summed E-state index contributed by atoms with van der Waals surface area (Å²) in [6.07, 6.45) is 1.95. The zero-order valence-electron chi connectivity index (χ0n) is 21.2. The van der Waals surface area contributed by atoms with Crippen molar-refractivity contribution in [3.63, 3.8) is 0 Å². The number of rotatable bonds is 4. The van der Waals surface area contributed by atoms with Crippen molar-refractivity contribution in [3.8, 4) is 11.5 Å². The summed E-state index contributed by atoms with van der Waals surface area (Å²) < 4.78 is 6.99. The molecule has 1 saturated heterocycles. The zero-order valence-corrected chi connectivity index (χ0v) is 21.2. The van der Waals surface area contributed by atoms with Crippen LogP contribution in [0.2, 0.25) is 0 Å². The van der Waals surface area contributed by atoms with Crippen molar-refractivity contribution in [1.29, 1.82) is 0 Å². The molecule has 2 heterocycles. The van der Waals surface area contributed by atoms with Crippen molar-refractivity contribution in [3.05, 3.63) is 93.5 Å². The molecule has 2 aliphatic heterocycles. The predicted molar refractivity (Wildman–Crippen MR) is 139 cm³/mol. The lowest BCUT2D eigenvalue weighted by Crippen LogP contribution is -2.49. The fourth-order valence-electron chi connectivity index (χ4n) is 6.00. The van der Waals surface area contributed by atoms with E-state index in [9.17, 15) is 5.11 Å². The molecule has 178 valence electrons. The first kappa shape index (κ1) is 23.0. The molecule has 1 spiro atoms. The van der Waals surface area contributed by atoms with Gasteiger partial charge in [0.1, 0.15) is 17.1 Å². The van der Waals surface area contributed by atoms with Crippen LogP contribution in [0.3, 0.4) is 0 Å². The molecular weight excluding hydrogens is 418 g/mol. The highest BCUT2D eigenvalue weighted by Crippen LogP contribution is 2.57. The second-order valence-corrected chi connectivity index (χ2v) is 10.6. The van der Waals surface area contributed by atoms with Gasteiger partial charge in [0.2, 0.25) is 0 Å². The van der Waals surface area contributed by atoms with Crippen molar-refractivity contribution in [1.82, 2.24) is 4.90 Å². The van der Waals surface area contributed by atoms with Crippen molar-refractivity contribution >= 4 is 0 Å². The molecule has 5 rings (SSSR count). The van der Waals surface area contributed by atoms with Gasteiger partial charge in [0.25, 0.3) is 0 Å². The third-order valence-corrected chi connectivity index (χ3v) is 8.27. The van der Waals surface area contributed by atoms with Crippen molar-refractivity contribution in [2.75, 3.05) is 13.1 Å². The van der Waals surface area contributed by atoms with Gasteiger partial charge >= 0.3 is 0 Å². The summed E-state index contributed by atoms with van der Waals surface area (Å²) in [6, 6.07) is 19.9. The lowest BCUT2D eigenvalue weighted by Gasteiger charge is -2.42. The number of aromatic hydroxyl groups is 1. The number of hydrogen-bond acceptors (Lipinski definition) is 3. The van der Waals surface area contributed by atoms with E-state index in [1.165, 1.54) is 22.3 Å². The summed E-state index contributed by atoms with van der Waals surface area (Å²) in [6.45, 7) is 13.6. The summed E-state index contributed by atoms with van der Waals surface area (Å²) in [5, 5.41) is 11.0. The first-order valence-electron chi connectivity index (χ1n) is 12.7. The molecule has 3 heteroatoms. The van der Waals surface area contributed by atoms with Crippen LogP contribution < -0.4 is 4.74 Å². The fourth-order valence-corrected chi connectivity index (χ4v) is 6.00. The van der Waals surface area contributed by atoms with Crippen LogP contribution in [0.5, 0.6) is 11.5 Å². The van der Waals surface area contributed by atoms with E-state index in [0.717, 1.165) is 54.9 Å². The standard InChI is InChI=1S/C31H37NO2/c1-20(2)25-11-13-26(14-12-25)28-27-23(5)29(33)21(3)22(4)30(27)34-31(28)15-17-32(18-16-31)19-24-9-7-6-8-10-24/h6-14,20,28,33H,15-19H2,1-5H3. The van der Waals surface area contributed by atoms with Crippen LogP contribution in [0.4, 0.5) is 0 Å². The van der Waals surface area contributed by atoms with Crippen LogP contribution in [-0.4, -0.2) is 28.7 Å². The van der Waals surface area contributed by atoms with Gasteiger partial charge in [-0.1, -0.05) is 68.4 Å². The number of phenols is 1. The molecule has 0 aliphatic carbocycles. The molecule has 0 bridgehead atoms. The molecule has 3 nitrogen and oxygen atoms in total. The van der Waals surface area contributed by atoms with Gasteiger partial charge in [-0.3, -0.25) is 4.90 Å². The zero-order chi connectivity index (χ0) is 24.0. The second-order valence-electron chi connectivity index (χ2n) is 10.6. The van der Waals surface area contributed by atoms with E-state index < -0.39 is 0 Å². The molecule has 1 unspecified atom stereocenters. The van der Waals surface area contributed by atoms with Crippen LogP contribution in [0.15, 0.2) is 54.6 Å². The molecule has 0 saturated carbocycles. The van der Waals surface area contributed by atoms with Gasteiger partial charge in [0, 0.05) is 38.0 Å². The summed E-state index contributed by atoms with van der Waals surface area (Å²) in [5.74, 6) is 2.06. The van der Waals surface area contributed by atoms with Crippen LogP contribution in [0.1, 0.15) is 77.5 Å². The second kappa shape index (κ2) is 8.78. The predicted octanol–water partition coefficient (Wildman–Crippen LogP) is 7.00. The highest BCUT2D eigenvalue weighted by Gasteiger charge is 2.52. The van der Waals surface area contributed by atoms with E-state index >= 15 is 0 Å². The molecule has 0 amide bonds. The molecule has 1 N–H and O–H groups in total. The number of benzene rings is 3. The van der Waals surface area contributed by atoms with Crippen molar-refractivity contribution in [2.24, 2.45) is 0 Å². The fraction of sp³-hybridized carbons (Fsp3) is 0.419. The Morgan fingerprint density at radius 1 is 0.912 bits per heavy atom. The highest BCUT2D eigenvalue weighted by atomic mass is 16.5. The van der Waals surface area contributed by atoms with Crippen LogP contribution in [-0.2, 0) is 6.54 Å². The number of phenolic OH excluding ortho intramolecular Hbond substituents is 1. The number of hydrogen-bond donors (Lipinski definition) is 1. The maximum Gasteiger partial charge on any atom is 0.127 e. The van der Waals surface area contributed by atoms with E-state index in [0.29, 0.717) is 11.7 Å². The Kier molecular flexibility index (Phi) is 5.93. The molecule has 0 aromatic heterocycles. The monoisotopic (exact) mass is 455 g/mol. The molecule has 1 fully saturated rings. The number of ether oxygens (including phenoxy) is 1. The summed E-state index contributed by atoms with van der Waals surface area (Å²) >= 11 is 0. The van der Waals surface area contributed by atoms with E-state index in [2.05, 4.69) is 87.2 Å². The lowest BCUT2D eigenvalue weighted by molar-refractivity contribution is 0.00530. The molecule has 3 aromatic rings. The maximum absolute atomic E-state index is 11.0. The Balaban J connectivity index is 1.52. The average Bonchev–Trinajstić information content (AvgIpc) is 3.18. The number of piperidine rings is 1. The first-order chi connectivity index (χ1) is 16.3. The number of nitrogens with zero attached hydrogens (tertiary/aromatic N) is 1. The SMILES string of the molecule is Cc1c(C)c2c(c(C)c1O)C(c1ccc(C(C)C)cc1)C1(CCN(Cc3ccccc3)CC1)O2. The van der Waals surface area contributed by atoms with Crippen LogP contribution >= 0.6 is 0 Å². The molecule has 2 aliphatic rings. The molecule has 34 heavy (non-hydrogen) atoms. The van der Waals surface area contributed by atoms with Crippen molar-refractivity contribution < 1.29 is 9.84 Å². The van der Waals surface area contributed by atoms with Gasteiger partial charge in [-0.2, -0.15) is 0 Å². The number of fused-ring (bicyclic) bond motifs is 1. The Morgan fingerprint density at radius 3 is 2.18 bits per heavy atom. The Labute approximate surface area is 204 Å². The normalized spacial score (nSPS) is 19.4. The third-order valence-electron chi connectivity index (χ3n) is 8.27. The van der Waals surface area contributed by atoms with Gasteiger partial charge in [-0.15, -0.1) is 0 Å². The van der Waals surface area contributed by atoms with Crippen molar-refractivity contribution in [2.45, 2.75) is 71.4 Å². The maximum atomic E-state index is 11.0. The minimum absolute atomic E-state index is 0.132. The van der Waals surface area contributed by atoms with Gasteiger partial charge in [0.15, 0.2) is 0 Å². The van der Waals surface area contributed by atoms with Crippen LogP contribution in [0.25, 0.3) is 0 Å². The Hall–Kier alpha value is -2.78.